The average Bonchev–Trinajstić information content (AvgIpc) is 2.90. The molecule has 0 fully saturated rings. The molecule has 1 aromatic heterocycles. The van der Waals surface area contributed by atoms with E-state index in [1.54, 1.807) is 4.57 Å². The van der Waals surface area contributed by atoms with E-state index in [1.165, 1.54) is 24.3 Å². The van der Waals surface area contributed by atoms with E-state index in [1.807, 2.05) is 0 Å². The fourth-order valence-corrected chi connectivity index (χ4v) is 4.20. The number of nitrogens with two attached hydrogens (primary N) is 2. The van der Waals surface area contributed by atoms with Crippen LogP contribution in [0.1, 0.15) is 18.5 Å². The Morgan fingerprint density at radius 3 is 2.53 bits per heavy atom. The summed E-state index contributed by atoms with van der Waals surface area (Å²) in [6.07, 6.45) is -8.17. The minimum atomic E-state index is -4.39. The molecule has 174 valence electrons. The van der Waals surface area contributed by atoms with Gasteiger partial charge in [0.25, 0.3) is 0 Å². The molecule has 0 saturated carbocycles. The minimum absolute atomic E-state index is 0.0563. The molecule has 0 radical (unpaired) electrons. The molecule has 1 atom stereocenters. The highest BCUT2D eigenvalue weighted by molar-refractivity contribution is 6.33. The van der Waals surface area contributed by atoms with Gasteiger partial charge in [-0.3, -0.25) is 4.84 Å². The summed E-state index contributed by atoms with van der Waals surface area (Å²) in [5, 5.41) is 0.106. The number of primary amides is 2. The summed E-state index contributed by atoms with van der Waals surface area (Å²) < 4.78 is 57.9. The van der Waals surface area contributed by atoms with Crippen molar-refractivity contribution in [3.8, 4) is 16.9 Å². The van der Waals surface area contributed by atoms with E-state index in [9.17, 15) is 27.2 Å². The number of amides is 2. The second kappa shape index (κ2) is 8.87. The van der Waals surface area contributed by atoms with Crippen molar-refractivity contribution in [2.75, 3.05) is 13.1 Å². The second-order valence-corrected chi connectivity index (χ2v) is 7.68. The summed E-state index contributed by atoms with van der Waals surface area (Å²) in [7, 11) is 0. The van der Waals surface area contributed by atoms with Crippen LogP contribution in [-0.4, -0.2) is 40.7 Å². The first-order chi connectivity index (χ1) is 14.9. The average molecular weight is 480 g/mol. The maximum atomic E-state index is 13.8. The summed E-state index contributed by atoms with van der Waals surface area (Å²) >= 11 is 6.50. The van der Waals surface area contributed by atoms with Crippen molar-refractivity contribution >= 4 is 23.8 Å². The first kappa shape index (κ1) is 23.7. The summed E-state index contributed by atoms with van der Waals surface area (Å²) in [5.74, 6) is -0.665. The van der Waals surface area contributed by atoms with Gasteiger partial charge in [-0.05, 0) is 17.7 Å². The number of hydrogen-bond acceptors (Lipinski definition) is 4. The predicted octanol–water partition coefficient (Wildman–Crippen LogP) is 4.09. The number of quaternary nitrogens is 1. The number of benzene rings is 1. The molecular weight excluding hydrogens is 460 g/mol. The molecule has 1 aliphatic rings. The smallest absolute Gasteiger partial charge is 0.408 e. The van der Waals surface area contributed by atoms with Crippen LogP contribution >= 0.6 is 11.6 Å². The maximum Gasteiger partial charge on any atom is 0.459 e. The van der Waals surface area contributed by atoms with Gasteiger partial charge in [0.15, 0.2) is 12.3 Å². The number of carbonyl (C=O) groups is 2. The van der Waals surface area contributed by atoms with Crippen LogP contribution in [0.5, 0.6) is 5.75 Å². The summed E-state index contributed by atoms with van der Waals surface area (Å²) in [4.78, 5) is 28.3. The predicted molar refractivity (Wildman–Crippen MR) is 105 cm³/mol. The molecule has 32 heavy (non-hydrogen) atoms. The lowest BCUT2D eigenvalue weighted by atomic mass is 10.1. The van der Waals surface area contributed by atoms with Crippen LogP contribution < -0.4 is 16.2 Å². The molecular formula is C19H20ClF4N4O4+. The number of halogens is 5. The van der Waals surface area contributed by atoms with E-state index in [0.717, 1.165) is 0 Å². The van der Waals surface area contributed by atoms with E-state index in [-0.39, 0.29) is 54.8 Å². The summed E-state index contributed by atoms with van der Waals surface area (Å²) in [6.45, 7) is -0.242. The molecule has 2 amide bonds. The number of ether oxygens (including phenoxy) is 1. The molecule has 1 aliphatic heterocycles. The van der Waals surface area contributed by atoms with Gasteiger partial charge in [-0.2, -0.15) is 13.2 Å². The van der Waals surface area contributed by atoms with E-state index in [0.29, 0.717) is 5.56 Å². The van der Waals surface area contributed by atoms with Crippen molar-refractivity contribution < 1.29 is 41.4 Å². The Kier molecular flexibility index (Phi) is 6.56. The molecule has 3 rings (SSSR count). The molecule has 13 heteroatoms. The van der Waals surface area contributed by atoms with Gasteiger partial charge in [-0.15, -0.1) is 4.65 Å². The largest absolute Gasteiger partial charge is 0.459 e. The van der Waals surface area contributed by atoms with Gasteiger partial charge in [0.2, 0.25) is 0 Å². The van der Waals surface area contributed by atoms with Gasteiger partial charge in [0.05, 0.1) is 12.1 Å². The SMILES string of the molecule is NC(=O)Oc1c(-c2cccc(F)c2)c(Cl)n2c1C[N+](CCCC(F)(F)F)(OC(N)=O)CC2. The Bertz CT molecular complexity index is 1040. The van der Waals surface area contributed by atoms with Crippen LogP contribution in [0.3, 0.4) is 0 Å². The highest BCUT2D eigenvalue weighted by atomic mass is 35.5. The van der Waals surface area contributed by atoms with E-state index in [4.69, 9.17) is 32.6 Å². The number of carbonyl (C=O) groups excluding carboxylic acids is 2. The second-order valence-electron chi connectivity index (χ2n) is 7.32. The topological polar surface area (TPSA) is 110 Å². The molecule has 2 heterocycles. The zero-order valence-corrected chi connectivity index (χ0v) is 17.4. The van der Waals surface area contributed by atoms with Crippen molar-refractivity contribution in [1.29, 1.82) is 0 Å². The van der Waals surface area contributed by atoms with Crippen LogP contribution in [0.25, 0.3) is 11.1 Å². The molecule has 0 saturated heterocycles. The number of nitrogens with zero attached hydrogens (tertiary/aromatic N) is 2. The number of rotatable bonds is 6. The third-order valence-corrected chi connectivity index (χ3v) is 5.45. The lowest BCUT2D eigenvalue weighted by molar-refractivity contribution is -1.10. The molecule has 0 aliphatic carbocycles. The molecule has 8 nitrogen and oxygen atoms in total. The lowest BCUT2D eigenvalue weighted by Crippen LogP contribution is -2.54. The Balaban J connectivity index is 2.06. The number of fused-ring (bicyclic) bond motifs is 1. The first-order valence-electron chi connectivity index (χ1n) is 9.47. The fourth-order valence-electron chi connectivity index (χ4n) is 3.82. The first-order valence-corrected chi connectivity index (χ1v) is 9.84. The molecule has 0 spiro atoms. The van der Waals surface area contributed by atoms with Crippen LogP contribution in [-0.2, 0) is 17.9 Å². The van der Waals surface area contributed by atoms with Crippen molar-refractivity contribution in [3.05, 3.63) is 40.9 Å². The van der Waals surface area contributed by atoms with Crippen LogP contribution in [0.4, 0.5) is 27.2 Å². The maximum absolute atomic E-state index is 13.8. The van der Waals surface area contributed by atoms with Gasteiger partial charge in [-0.25, -0.2) is 14.0 Å². The number of hydroxylamine groups is 3. The summed E-state index contributed by atoms with van der Waals surface area (Å²) in [5.41, 5.74) is 11.1. The Morgan fingerprint density at radius 2 is 1.94 bits per heavy atom. The molecule has 1 unspecified atom stereocenters. The van der Waals surface area contributed by atoms with Gasteiger partial charge in [-0.1, -0.05) is 23.7 Å². The summed E-state index contributed by atoms with van der Waals surface area (Å²) in [6, 6.07) is 5.35. The quantitative estimate of drug-likeness (QED) is 0.480. The monoisotopic (exact) mass is 479 g/mol. The van der Waals surface area contributed by atoms with E-state index < -0.39 is 35.2 Å². The normalized spacial score (nSPS) is 18.2. The third kappa shape index (κ3) is 5.25. The molecule has 1 aromatic carbocycles. The Morgan fingerprint density at radius 1 is 1.22 bits per heavy atom. The van der Waals surface area contributed by atoms with E-state index >= 15 is 0 Å². The third-order valence-electron chi connectivity index (χ3n) is 5.05. The number of hydrogen-bond donors (Lipinski definition) is 2. The van der Waals surface area contributed by atoms with Gasteiger partial charge in [0, 0.05) is 12.8 Å². The highest BCUT2D eigenvalue weighted by Gasteiger charge is 2.43. The Labute approximate surface area is 184 Å². The molecule has 4 N–H and O–H groups in total. The van der Waals surface area contributed by atoms with E-state index in [2.05, 4.69) is 0 Å². The number of alkyl halides is 3. The Hall–Kier alpha value is -2.99. The zero-order valence-electron chi connectivity index (χ0n) is 16.6. The zero-order chi connectivity index (χ0) is 23.7. The highest BCUT2D eigenvalue weighted by Crippen LogP contribution is 2.45. The number of aromatic nitrogens is 1. The fraction of sp³-hybridized carbons (Fsp3) is 0.368. The molecule has 0 bridgehead atoms. The standard InChI is InChI=1S/C19H19ClF4N4O4/c20-16-14(11-3-1-4-12(21)9-11)15(31-17(25)29)13-10-28(32-18(26)30,8-6-27(13)16)7-2-5-19(22,23)24/h1,3-4,9H,2,5-8,10H2,(H3-,25,26,29,30)/p+1. The minimum Gasteiger partial charge on any atom is -0.408 e. The van der Waals surface area contributed by atoms with Crippen molar-refractivity contribution in [2.24, 2.45) is 11.5 Å². The molecule has 2 aromatic rings. The van der Waals surface area contributed by atoms with Crippen molar-refractivity contribution in [1.82, 2.24) is 4.57 Å². The lowest BCUT2D eigenvalue weighted by Gasteiger charge is -2.37. The van der Waals surface area contributed by atoms with Crippen molar-refractivity contribution in [3.63, 3.8) is 0 Å². The van der Waals surface area contributed by atoms with Gasteiger partial charge < -0.3 is 20.8 Å². The van der Waals surface area contributed by atoms with Gasteiger partial charge >= 0.3 is 18.4 Å². The van der Waals surface area contributed by atoms with Crippen LogP contribution in [0.15, 0.2) is 24.3 Å². The van der Waals surface area contributed by atoms with Crippen LogP contribution in [0.2, 0.25) is 5.15 Å². The van der Waals surface area contributed by atoms with Crippen LogP contribution in [0, 0.1) is 5.82 Å². The van der Waals surface area contributed by atoms with Crippen molar-refractivity contribution in [2.45, 2.75) is 32.1 Å². The van der Waals surface area contributed by atoms with Gasteiger partial charge in [0.1, 0.15) is 29.8 Å².